The van der Waals surface area contributed by atoms with Crippen LogP contribution in [-0.4, -0.2) is 19.6 Å². The van der Waals surface area contributed by atoms with Crippen LogP contribution in [0.5, 0.6) is 0 Å². The van der Waals surface area contributed by atoms with Crippen LogP contribution in [0.1, 0.15) is 26.2 Å². The van der Waals surface area contributed by atoms with E-state index < -0.39 is 0 Å². The number of rotatable bonds is 4. The second-order valence-corrected chi connectivity index (χ2v) is 4.40. The van der Waals surface area contributed by atoms with Gasteiger partial charge in [-0.3, -0.25) is 0 Å². The maximum Gasteiger partial charge on any atom is 0.0604 e. The van der Waals surface area contributed by atoms with E-state index >= 15 is 0 Å². The van der Waals surface area contributed by atoms with Crippen molar-refractivity contribution in [3.63, 3.8) is 0 Å². The first-order valence-corrected chi connectivity index (χ1v) is 6.19. The standard InChI is InChI=1S/C13H21N3/c1-2-3-4-8-16-9-7-15-12-10-11(14)5-6-13(12)16/h5-6,10,15H,2-4,7-9,14H2,1H3. The van der Waals surface area contributed by atoms with Crippen LogP contribution in [-0.2, 0) is 0 Å². The molecule has 0 aromatic heterocycles. The fourth-order valence-electron chi connectivity index (χ4n) is 2.20. The minimum atomic E-state index is 0.835. The number of nitrogen functional groups attached to an aromatic ring is 1. The summed E-state index contributed by atoms with van der Waals surface area (Å²) in [5.41, 5.74) is 9.11. The minimum Gasteiger partial charge on any atom is -0.399 e. The lowest BCUT2D eigenvalue weighted by Crippen LogP contribution is -2.34. The summed E-state index contributed by atoms with van der Waals surface area (Å²) in [5, 5.41) is 3.40. The summed E-state index contributed by atoms with van der Waals surface area (Å²) in [6.07, 6.45) is 3.87. The van der Waals surface area contributed by atoms with Crippen molar-refractivity contribution >= 4 is 17.1 Å². The lowest BCUT2D eigenvalue weighted by molar-refractivity contribution is 0.674. The summed E-state index contributed by atoms with van der Waals surface area (Å²) in [6.45, 7) is 5.52. The van der Waals surface area contributed by atoms with Gasteiger partial charge < -0.3 is 16.0 Å². The molecule has 1 aromatic carbocycles. The fraction of sp³-hybridized carbons (Fsp3) is 0.538. The topological polar surface area (TPSA) is 41.3 Å². The van der Waals surface area contributed by atoms with Crippen LogP contribution in [0.25, 0.3) is 0 Å². The number of nitrogens with two attached hydrogens (primary N) is 1. The van der Waals surface area contributed by atoms with Gasteiger partial charge in [-0.05, 0) is 24.6 Å². The van der Waals surface area contributed by atoms with Gasteiger partial charge in [0.15, 0.2) is 0 Å². The molecule has 3 nitrogen and oxygen atoms in total. The van der Waals surface area contributed by atoms with Crippen LogP contribution in [0, 0.1) is 0 Å². The monoisotopic (exact) mass is 219 g/mol. The second kappa shape index (κ2) is 5.10. The third-order valence-corrected chi connectivity index (χ3v) is 3.09. The average Bonchev–Trinajstić information content (AvgIpc) is 2.29. The molecular weight excluding hydrogens is 198 g/mol. The zero-order valence-corrected chi connectivity index (χ0v) is 10.00. The molecule has 1 aliphatic rings. The van der Waals surface area contributed by atoms with Crippen molar-refractivity contribution in [1.82, 2.24) is 0 Å². The number of benzene rings is 1. The van der Waals surface area contributed by atoms with Crippen LogP contribution >= 0.6 is 0 Å². The second-order valence-electron chi connectivity index (χ2n) is 4.40. The molecule has 0 saturated carbocycles. The largest absolute Gasteiger partial charge is 0.399 e. The summed E-state index contributed by atoms with van der Waals surface area (Å²) in [7, 11) is 0. The maximum absolute atomic E-state index is 5.79. The number of nitrogens with one attached hydrogen (secondary N) is 1. The third-order valence-electron chi connectivity index (χ3n) is 3.09. The molecule has 88 valence electrons. The average molecular weight is 219 g/mol. The predicted molar refractivity (Wildman–Crippen MR) is 71.1 cm³/mol. The molecule has 2 rings (SSSR count). The molecule has 0 atom stereocenters. The first-order valence-electron chi connectivity index (χ1n) is 6.19. The van der Waals surface area contributed by atoms with Gasteiger partial charge in [-0.15, -0.1) is 0 Å². The summed E-state index contributed by atoms with van der Waals surface area (Å²) in [5.74, 6) is 0. The van der Waals surface area contributed by atoms with Crippen molar-refractivity contribution in [2.45, 2.75) is 26.2 Å². The molecule has 1 heterocycles. The summed E-state index contributed by atoms with van der Waals surface area (Å²) < 4.78 is 0. The van der Waals surface area contributed by atoms with E-state index in [9.17, 15) is 0 Å². The Bertz CT molecular complexity index is 349. The van der Waals surface area contributed by atoms with Crippen molar-refractivity contribution in [3.05, 3.63) is 18.2 Å². The van der Waals surface area contributed by atoms with Gasteiger partial charge in [0.1, 0.15) is 0 Å². The highest BCUT2D eigenvalue weighted by atomic mass is 15.2. The van der Waals surface area contributed by atoms with E-state index in [4.69, 9.17) is 5.73 Å². The number of fused-ring (bicyclic) bond motifs is 1. The molecule has 16 heavy (non-hydrogen) atoms. The van der Waals surface area contributed by atoms with E-state index in [1.54, 1.807) is 0 Å². The lowest BCUT2D eigenvalue weighted by Gasteiger charge is -2.32. The molecule has 0 radical (unpaired) electrons. The highest BCUT2D eigenvalue weighted by Gasteiger charge is 2.15. The Labute approximate surface area is 97.6 Å². The fourth-order valence-corrected chi connectivity index (χ4v) is 2.20. The van der Waals surface area contributed by atoms with Crippen LogP contribution in [0.3, 0.4) is 0 Å². The Morgan fingerprint density at radius 2 is 2.25 bits per heavy atom. The molecule has 0 saturated heterocycles. The maximum atomic E-state index is 5.79. The zero-order valence-electron chi connectivity index (χ0n) is 10.00. The summed E-state index contributed by atoms with van der Waals surface area (Å²) in [4.78, 5) is 2.46. The van der Waals surface area contributed by atoms with Gasteiger partial charge in [0.2, 0.25) is 0 Å². The van der Waals surface area contributed by atoms with Crippen molar-refractivity contribution < 1.29 is 0 Å². The molecule has 0 unspecified atom stereocenters. The van der Waals surface area contributed by atoms with E-state index in [0.29, 0.717) is 0 Å². The molecule has 0 spiro atoms. The highest BCUT2D eigenvalue weighted by molar-refractivity contribution is 5.75. The van der Waals surface area contributed by atoms with Gasteiger partial charge in [-0.1, -0.05) is 19.8 Å². The number of nitrogens with zero attached hydrogens (tertiary/aromatic N) is 1. The highest BCUT2D eigenvalue weighted by Crippen LogP contribution is 2.30. The number of anilines is 3. The molecule has 0 amide bonds. The SMILES string of the molecule is CCCCCN1CCNc2cc(N)ccc21. The molecule has 1 aliphatic heterocycles. The minimum absolute atomic E-state index is 0.835. The predicted octanol–water partition coefficient (Wildman–Crippen LogP) is 2.69. The van der Waals surface area contributed by atoms with Gasteiger partial charge >= 0.3 is 0 Å². The normalized spacial score (nSPS) is 14.4. The quantitative estimate of drug-likeness (QED) is 0.604. The lowest BCUT2D eigenvalue weighted by atomic mass is 10.1. The van der Waals surface area contributed by atoms with E-state index in [1.165, 1.54) is 30.6 Å². The number of unbranched alkanes of at least 4 members (excludes halogenated alkanes) is 2. The molecular formula is C13H21N3. The smallest absolute Gasteiger partial charge is 0.0604 e. The molecule has 3 heteroatoms. The first-order chi connectivity index (χ1) is 7.81. The molecule has 3 N–H and O–H groups in total. The molecule has 0 bridgehead atoms. The number of hydrogen-bond acceptors (Lipinski definition) is 3. The van der Waals surface area contributed by atoms with E-state index in [-0.39, 0.29) is 0 Å². The van der Waals surface area contributed by atoms with Crippen LogP contribution < -0.4 is 16.0 Å². The van der Waals surface area contributed by atoms with Gasteiger partial charge in [0.25, 0.3) is 0 Å². The first kappa shape index (κ1) is 11.1. The van der Waals surface area contributed by atoms with E-state index in [1.807, 2.05) is 12.1 Å². The Kier molecular flexibility index (Phi) is 3.54. The Morgan fingerprint density at radius 1 is 1.38 bits per heavy atom. The zero-order chi connectivity index (χ0) is 11.4. The summed E-state index contributed by atoms with van der Waals surface area (Å²) in [6, 6.07) is 6.14. The Hall–Kier alpha value is -1.38. The van der Waals surface area contributed by atoms with Crippen molar-refractivity contribution in [2.75, 3.05) is 35.6 Å². The summed E-state index contributed by atoms with van der Waals surface area (Å²) >= 11 is 0. The van der Waals surface area contributed by atoms with Crippen LogP contribution in [0.15, 0.2) is 18.2 Å². The Morgan fingerprint density at radius 3 is 3.06 bits per heavy atom. The van der Waals surface area contributed by atoms with Crippen molar-refractivity contribution in [2.24, 2.45) is 0 Å². The van der Waals surface area contributed by atoms with Crippen molar-refractivity contribution in [1.29, 1.82) is 0 Å². The van der Waals surface area contributed by atoms with Crippen molar-refractivity contribution in [3.8, 4) is 0 Å². The van der Waals surface area contributed by atoms with Crippen LogP contribution in [0.2, 0.25) is 0 Å². The third kappa shape index (κ3) is 2.40. The van der Waals surface area contributed by atoms with Gasteiger partial charge in [0.05, 0.1) is 11.4 Å². The van der Waals surface area contributed by atoms with Gasteiger partial charge in [-0.25, -0.2) is 0 Å². The Balaban J connectivity index is 2.07. The molecule has 0 aliphatic carbocycles. The van der Waals surface area contributed by atoms with E-state index in [0.717, 1.165) is 25.3 Å². The molecule has 1 aromatic rings. The molecule has 0 fully saturated rings. The van der Waals surface area contributed by atoms with Gasteiger partial charge in [0, 0.05) is 25.3 Å². The van der Waals surface area contributed by atoms with Gasteiger partial charge in [-0.2, -0.15) is 0 Å². The number of hydrogen-bond donors (Lipinski definition) is 2. The van der Waals surface area contributed by atoms with Crippen LogP contribution in [0.4, 0.5) is 17.1 Å². The van der Waals surface area contributed by atoms with E-state index in [2.05, 4.69) is 23.2 Å².